The number of carbonyl (C=O) groups is 2. The molecule has 3 unspecified atom stereocenters. The summed E-state index contributed by atoms with van der Waals surface area (Å²) in [7, 11) is 0. The lowest BCUT2D eigenvalue weighted by molar-refractivity contribution is -0.139. The molecule has 2 fully saturated rings. The van der Waals surface area contributed by atoms with E-state index in [1.54, 1.807) is 11.8 Å². The number of ether oxygens (including phenoxy) is 1. The van der Waals surface area contributed by atoms with Gasteiger partial charge in [0.25, 0.3) is 0 Å². The van der Waals surface area contributed by atoms with Crippen LogP contribution in [0.1, 0.15) is 39.0 Å². The van der Waals surface area contributed by atoms with E-state index in [1.807, 2.05) is 0 Å². The van der Waals surface area contributed by atoms with Crippen molar-refractivity contribution < 1.29 is 14.3 Å². The molecule has 6 nitrogen and oxygen atoms in total. The molecule has 3 N–H and O–H groups in total. The first-order chi connectivity index (χ1) is 10.1. The maximum Gasteiger partial charge on any atom is 0.245 e. The van der Waals surface area contributed by atoms with Gasteiger partial charge in [-0.2, -0.15) is 0 Å². The second-order valence-electron chi connectivity index (χ2n) is 6.14. The van der Waals surface area contributed by atoms with Gasteiger partial charge in [-0.1, -0.05) is 12.8 Å². The Bertz CT molecular complexity index is 369. The van der Waals surface area contributed by atoms with Crippen molar-refractivity contribution in [2.24, 2.45) is 11.7 Å². The number of hydrogen-bond acceptors (Lipinski definition) is 4. The third-order valence-corrected chi connectivity index (χ3v) is 4.49. The average Bonchev–Trinajstić information content (AvgIpc) is 2.49. The van der Waals surface area contributed by atoms with Crippen molar-refractivity contribution in [1.29, 1.82) is 0 Å². The normalized spacial score (nSPS) is 28.0. The molecule has 1 saturated heterocycles. The highest BCUT2D eigenvalue weighted by atomic mass is 16.5. The van der Waals surface area contributed by atoms with Crippen LogP contribution in [0.15, 0.2) is 0 Å². The Morgan fingerprint density at radius 2 is 1.95 bits per heavy atom. The number of morpholine rings is 1. The lowest BCUT2D eigenvalue weighted by Gasteiger charge is -2.30. The van der Waals surface area contributed by atoms with Crippen LogP contribution in [0.3, 0.4) is 0 Å². The van der Waals surface area contributed by atoms with Gasteiger partial charge in [0.2, 0.25) is 11.8 Å². The Balaban J connectivity index is 1.76. The first-order valence-electron chi connectivity index (χ1n) is 7.99. The highest BCUT2D eigenvalue weighted by Crippen LogP contribution is 2.25. The lowest BCUT2D eigenvalue weighted by Crippen LogP contribution is -2.51. The van der Waals surface area contributed by atoms with E-state index < -0.39 is 6.04 Å². The van der Waals surface area contributed by atoms with Crippen molar-refractivity contribution in [3.8, 4) is 0 Å². The van der Waals surface area contributed by atoms with Crippen LogP contribution in [-0.4, -0.2) is 55.1 Å². The van der Waals surface area contributed by atoms with Gasteiger partial charge in [0, 0.05) is 25.6 Å². The van der Waals surface area contributed by atoms with E-state index in [9.17, 15) is 9.59 Å². The minimum Gasteiger partial charge on any atom is -0.378 e. The van der Waals surface area contributed by atoms with E-state index in [0.717, 1.165) is 25.7 Å². The molecular weight excluding hydrogens is 270 g/mol. The van der Waals surface area contributed by atoms with Crippen molar-refractivity contribution in [2.45, 2.75) is 51.1 Å². The number of amides is 2. The van der Waals surface area contributed by atoms with Crippen LogP contribution in [0.2, 0.25) is 0 Å². The summed E-state index contributed by atoms with van der Waals surface area (Å²) >= 11 is 0. The Morgan fingerprint density at radius 3 is 2.62 bits per heavy atom. The molecule has 0 bridgehead atoms. The minimum absolute atomic E-state index is 0.0282. The first kappa shape index (κ1) is 16.2. The monoisotopic (exact) mass is 297 g/mol. The zero-order valence-electron chi connectivity index (χ0n) is 12.8. The maximum atomic E-state index is 12.2. The van der Waals surface area contributed by atoms with Gasteiger partial charge in [-0.25, -0.2) is 0 Å². The van der Waals surface area contributed by atoms with E-state index in [2.05, 4.69) is 5.32 Å². The molecule has 2 rings (SSSR count). The molecule has 0 spiro atoms. The summed E-state index contributed by atoms with van der Waals surface area (Å²) in [5.41, 5.74) is 6.07. The Labute approximate surface area is 126 Å². The van der Waals surface area contributed by atoms with E-state index in [-0.39, 0.29) is 23.8 Å². The summed E-state index contributed by atoms with van der Waals surface area (Å²) < 4.78 is 5.23. The third-order valence-electron chi connectivity index (χ3n) is 4.49. The van der Waals surface area contributed by atoms with Crippen molar-refractivity contribution in [3.63, 3.8) is 0 Å². The van der Waals surface area contributed by atoms with Gasteiger partial charge >= 0.3 is 0 Å². The van der Waals surface area contributed by atoms with E-state index in [4.69, 9.17) is 10.5 Å². The van der Waals surface area contributed by atoms with Gasteiger partial charge in [-0.15, -0.1) is 0 Å². The lowest BCUT2D eigenvalue weighted by atomic mass is 9.83. The minimum atomic E-state index is -0.476. The molecule has 1 aliphatic heterocycles. The van der Waals surface area contributed by atoms with Gasteiger partial charge in [-0.3, -0.25) is 9.59 Å². The number of nitrogens with one attached hydrogen (secondary N) is 1. The van der Waals surface area contributed by atoms with Crippen LogP contribution in [0.25, 0.3) is 0 Å². The van der Waals surface area contributed by atoms with Crippen LogP contribution in [0, 0.1) is 5.92 Å². The molecule has 21 heavy (non-hydrogen) atoms. The standard InChI is InChI=1S/C15H27N3O3/c1-11(15(20)18-6-8-21-9-7-18)17-14(19)10-12-4-2-3-5-13(12)16/h11-13H,2-10,16H2,1H3,(H,17,19). The van der Waals surface area contributed by atoms with Gasteiger partial charge in [0.1, 0.15) is 6.04 Å². The highest BCUT2D eigenvalue weighted by molar-refractivity contribution is 5.87. The van der Waals surface area contributed by atoms with Crippen LogP contribution in [-0.2, 0) is 14.3 Å². The summed E-state index contributed by atoms with van der Waals surface area (Å²) in [6.45, 7) is 4.10. The molecule has 1 aliphatic carbocycles. The van der Waals surface area contributed by atoms with Crippen molar-refractivity contribution in [1.82, 2.24) is 10.2 Å². The van der Waals surface area contributed by atoms with E-state index >= 15 is 0 Å². The summed E-state index contributed by atoms with van der Waals surface area (Å²) in [5.74, 6) is 0.162. The fourth-order valence-corrected chi connectivity index (χ4v) is 3.15. The second kappa shape index (κ2) is 7.75. The zero-order valence-corrected chi connectivity index (χ0v) is 12.8. The van der Waals surface area contributed by atoms with Gasteiger partial charge in [-0.05, 0) is 25.7 Å². The molecule has 2 amide bonds. The molecule has 0 aromatic rings. The topological polar surface area (TPSA) is 84.7 Å². The third kappa shape index (κ3) is 4.68. The van der Waals surface area contributed by atoms with Gasteiger partial charge in [0.05, 0.1) is 13.2 Å². The summed E-state index contributed by atoms with van der Waals surface area (Å²) in [5, 5.41) is 2.82. The van der Waals surface area contributed by atoms with E-state index in [0.29, 0.717) is 32.7 Å². The fraction of sp³-hybridized carbons (Fsp3) is 0.867. The molecule has 2 aliphatic rings. The molecule has 0 radical (unpaired) electrons. The summed E-state index contributed by atoms with van der Waals surface area (Å²) in [4.78, 5) is 26.1. The largest absolute Gasteiger partial charge is 0.378 e. The Hall–Kier alpha value is -1.14. The predicted molar refractivity (Wildman–Crippen MR) is 79.6 cm³/mol. The zero-order chi connectivity index (χ0) is 15.2. The van der Waals surface area contributed by atoms with Crippen LogP contribution < -0.4 is 11.1 Å². The second-order valence-corrected chi connectivity index (χ2v) is 6.14. The summed E-state index contributed by atoms with van der Waals surface area (Å²) in [6, 6.07) is -0.356. The van der Waals surface area contributed by atoms with Crippen molar-refractivity contribution >= 4 is 11.8 Å². The van der Waals surface area contributed by atoms with Gasteiger partial charge < -0.3 is 20.7 Å². The molecule has 0 aromatic carbocycles. The van der Waals surface area contributed by atoms with Crippen LogP contribution in [0.4, 0.5) is 0 Å². The van der Waals surface area contributed by atoms with Crippen LogP contribution in [0.5, 0.6) is 0 Å². The highest BCUT2D eigenvalue weighted by Gasteiger charge is 2.27. The molecule has 0 aromatic heterocycles. The van der Waals surface area contributed by atoms with Crippen molar-refractivity contribution in [3.05, 3.63) is 0 Å². The number of nitrogens with two attached hydrogens (primary N) is 1. The van der Waals surface area contributed by atoms with Gasteiger partial charge in [0.15, 0.2) is 0 Å². The number of rotatable bonds is 4. The predicted octanol–water partition coefficient (Wildman–Crippen LogP) is 0.258. The number of hydrogen-bond donors (Lipinski definition) is 2. The summed E-state index contributed by atoms with van der Waals surface area (Å²) in [6.07, 6.45) is 4.75. The molecule has 3 atom stereocenters. The van der Waals surface area contributed by atoms with E-state index in [1.165, 1.54) is 0 Å². The molecule has 1 saturated carbocycles. The quantitative estimate of drug-likeness (QED) is 0.779. The number of carbonyl (C=O) groups excluding carboxylic acids is 2. The smallest absolute Gasteiger partial charge is 0.245 e. The molecule has 6 heteroatoms. The maximum absolute atomic E-state index is 12.2. The molecular formula is C15H27N3O3. The SMILES string of the molecule is CC(NC(=O)CC1CCCCC1N)C(=O)N1CCOCC1. The fourth-order valence-electron chi connectivity index (χ4n) is 3.15. The number of nitrogens with zero attached hydrogens (tertiary/aromatic N) is 1. The first-order valence-corrected chi connectivity index (χ1v) is 7.99. The Morgan fingerprint density at radius 1 is 1.29 bits per heavy atom. The average molecular weight is 297 g/mol. The Kier molecular flexibility index (Phi) is 5.99. The molecule has 1 heterocycles. The van der Waals surface area contributed by atoms with Crippen LogP contribution >= 0.6 is 0 Å². The molecule has 120 valence electrons. The van der Waals surface area contributed by atoms with Crippen molar-refractivity contribution in [2.75, 3.05) is 26.3 Å².